The molecule has 128 valence electrons. The van der Waals surface area contributed by atoms with E-state index in [0.717, 1.165) is 37.3 Å². The molecule has 0 radical (unpaired) electrons. The summed E-state index contributed by atoms with van der Waals surface area (Å²) in [5, 5.41) is 8.76. The molecule has 2 heterocycles. The van der Waals surface area contributed by atoms with Gasteiger partial charge in [-0.2, -0.15) is 0 Å². The van der Waals surface area contributed by atoms with Crippen molar-refractivity contribution in [2.45, 2.75) is 25.4 Å². The molecule has 0 aliphatic carbocycles. The molecule has 6 nitrogen and oxygen atoms in total. The number of benzene rings is 1. The molecule has 7 heteroatoms. The second-order valence-corrected chi connectivity index (χ2v) is 6.45. The molecule has 1 aliphatic rings. The number of likely N-dealkylation sites (tertiary alicyclic amines) is 1. The number of hydrogen-bond donors (Lipinski definition) is 0. The standard InChI is InChI=1S/C17H21ClN4O2/c1-21-12-19-20-17(21)13-6-8-22(9-7-13)16(23)11-24-10-14-4-2-3-5-15(14)18/h2-5,12-13H,6-11H2,1H3. The minimum Gasteiger partial charge on any atom is -0.367 e. The van der Waals surface area contributed by atoms with Crippen LogP contribution in [0.1, 0.15) is 30.1 Å². The summed E-state index contributed by atoms with van der Waals surface area (Å²) in [7, 11) is 1.95. The van der Waals surface area contributed by atoms with Crippen LogP contribution in [0.15, 0.2) is 30.6 Å². The van der Waals surface area contributed by atoms with Gasteiger partial charge in [-0.25, -0.2) is 0 Å². The fourth-order valence-corrected chi connectivity index (χ4v) is 3.19. The van der Waals surface area contributed by atoms with E-state index in [-0.39, 0.29) is 12.5 Å². The maximum absolute atomic E-state index is 12.3. The molecule has 3 rings (SSSR count). The molecule has 0 saturated carbocycles. The van der Waals surface area contributed by atoms with Crippen molar-refractivity contribution in [1.82, 2.24) is 19.7 Å². The summed E-state index contributed by atoms with van der Waals surface area (Å²) in [4.78, 5) is 14.1. The van der Waals surface area contributed by atoms with Crippen LogP contribution in [0.25, 0.3) is 0 Å². The molecule has 2 aromatic rings. The molecule has 1 saturated heterocycles. The Morgan fingerprint density at radius 2 is 2.08 bits per heavy atom. The Morgan fingerprint density at radius 1 is 1.33 bits per heavy atom. The first-order chi connectivity index (χ1) is 11.6. The van der Waals surface area contributed by atoms with Crippen LogP contribution in [0.4, 0.5) is 0 Å². The number of rotatable bonds is 5. The van der Waals surface area contributed by atoms with E-state index in [9.17, 15) is 4.79 Å². The second kappa shape index (κ2) is 7.77. The van der Waals surface area contributed by atoms with E-state index < -0.39 is 0 Å². The predicted octanol–water partition coefficient (Wildman–Crippen LogP) is 2.39. The molecule has 24 heavy (non-hydrogen) atoms. The Labute approximate surface area is 146 Å². The highest BCUT2D eigenvalue weighted by Crippen LogP contribution is 2.26. The minimum absolute atomic E-state index is 0.0264. The number of aryl methyl sites for hydroxylation is 1. The number of ether oxygens (including phenoxy) is 1. The summed E-state index contributed by atoms with van der Waals surface area (Å²) in [6, 6.07) is 7.50. The first kappa shape index (κ1) is 16.9. The zero-order valence-electron chi connectivity index (χ0n) is 13.7. The van der Waals surface area contributed by atoms with Crippen LogP contribution in [0.3, 0.4) is 0 Å². The maximum Gasteiger partial charge on any atom is 0.248 e. The summed E-state index contributed by atoms with van der Waals surface area (Å²) in [6.07, 6.45) is 3.53. The summed E-state index contributed by atoms with van der Waals surface area (Å²) in [5.74, 6) is 1.39. The van der Waals surface area contributed by atoms with E-state index in [4.69, 9.17) is 16.3 Å². The van der Waals surface area contributed by atoms with Gasteiger partial charge < -0.3 is 14.2 Å². The molecule has 1 aromatic heterocycles. The van der Waals surface area contributed by atoms with Crippen LogP contribution in [-0.2, 0) is 23.2 Å². The molecule has 1 amide bonds. The van der Waals surface area contributed by atoms with Crippen LogP contribution in [0.2, 0.25) is 5.02 Å². The zero-order valence-corrected chi connectivity index (χ0v) is 14.4. The predicted molar refractivity (Wildman–Crippen MR) is 90.7 cm³/mol. The topological polar surface area (TPSA) is 60.2 Å². The third-order valence-electron chi connectivity index (χ3n) is 4.40. The Morgan fingerprint density at radius 3 is 2.75 bits per heavy atom. The highest BCUT2D eigenvalue weighted by Gasteiger charge is 2.26. The lowest BCUT2D eigenvalue weighted by Gasteiger charge is -2.31. The van der Waals surface area contributed by atoms with Gasteiger partial charge in [0.05, 0.1) is 6.61 Å². The summed E-state index contributed by atoms with van der Waals surface area (Å²) >= 11 is 6.08. The summed E-state index contributed by atoms with van der Waals surface area (Å²) in [6.45, 7) is 1.89. The maximum atomic E-state index is 12.3. The van der Waals surface area contributed by atoms with Gasteiger partial charge in [0, 0.05) is 31.1 Å². The van der Waals surface area contributed by atoms with E-state index in [1.807, 2.05) is 40.8 Å². The fraction of sp³-hybridized carbons (Fsp3) is 0.471. The van der Waals surface area contributed by atoms with Gasteiger partial charge in [0.15, 0.2) is 0 Å². The van der Waals surface area contributed by atoms with Crippen molar-refractivity contribution >= 4 is 17.5 Å². The monoisotopic (exact) mass is 348 g/mol. The Kier molecular flexibility index (Phi) is 5.48. The average molecular weight is 349 g/mol. The van der Waals surface area contributed by atoms with Crippen LogP contribution in [-0.4, -0.2) is 45.3 Å². The van der Waals surface area contributed by atoms with Crippen molar-refractivity contribution in [2.75, 3.05) is 19.7 Å². The van der Waals surface area contributed by atoms with Gasteiger partial charge in [0.2, 0.25) is 5.91 Å². The largest absolute Gasteiger partial charge is 0.367 e. The van der Waals surface area contributed by atoms with E-state index in [1.54, 1.807) is 6.33 Å². The number of carbonyl (C=O) groups is 1. The molecule has 0 atom stereocenters. The minimum atomic E-state index is 0.0264. The molecule has 0 bridgehead atoms. The van der Waals surface area contributed by atoms with Crippen LogP contribution in [0, 0.1) is 0 Å². The highest BCUT2D eigenvalue weighted by atomic mass is 35.5. The van der Waals surface area contributed by atoms with Crippen LogP contribution >= 0.6 is 11.6 Å². The second-order valence-electron chi connectivity index (χ2n) is 6.04. The summed E-state index contributed by atoms with van der Waals surface area (Å²) < 4.78 is 7.48. The molecule has 0 spiro atoms. The zero-order chi connectivity index (χ0) is 16.9. The summed E-state index contributed by atoms with van der Waals surface area (Å²) in [5.41, 5.74) is 0.896. The van der Waals surface area contributed by atoms with Gasteiger partial charge in [-0.1, -0.05) is 29.8 Å². The Hall–Kier alpha value is -1.92. The number of nitrogens with zero attached hydrogens (tertiary/aromatic N) is 4. The van der Waals surface area contributed by atoms with Crippen molar-refractivity contribution in [2.24, 2.45) is 7.05 Å². The Balaban J connectivity index is 1.44. The van der Waals surface area contributed by atoms with E-state index in [0.29, 0.717) is 17.5 Å². The van der Waals surface area contributed by atoms with Gasteiger partial charge in [0.25, 0.3) is 0 Å². The van der Waals surface area contributed by atoms with Crippen molar-refractivity contribution in [3.05, 3.63) is 47.0 Å². The number of piperidine rings is 1. The lowest BCUT2D eigenvalue weighted by Crippen LogP contribution is -2.40. The molecular formula is C17H21ClN4O2. The fourth-order valence-electron chi connectivity index (χ4n) is 3.00. The smallest absolute Gasteiger partial charge is 0.248 e. The van der Waals surface area contributed by atoms with Gasteiger partial charge in [-0.15, -0.1) is 10.2 Å². The number of hydrogen-bond acceptors (Lipinski definition) is 4. The van der Waals surface area contributed by atoms with Crippen molar-refractivity contribution < 1.29 is 9.53 Å². The lowest BCUT2D eigenvalue weighted by atomic mass is 9.96. The molecule has 1 fully saturated rings. The molecular weight excluding hydrogens is 328 g/mol. The molecule has 0 N–H and O–H groups in total. The number of aromatic nitrogens is 3. The highest BCUT2D eigenvalue weighted by molar-refractivity contribution is 6.31. The molecule has 1 aliphatic heterocycles. The van der Waals surface area contributed by atoms with Gasteiger partial charge >= 0.3 is 0 Å². The third-order valence-corrected chi connectivity index (χ3v) is 4.77. The molecule has 1 aromatic carbocycles. The normalized spacial score (nSPS) is 15.7. The Bertz CT molecular complexity index is 695. The van der Waals surface area contributed by atoms with E-state index >= 15 is 0 Å². The number of amides is 1. The third kappa shape index (κ3) is 3.94. The van der Waals surface area contributed by atoms with Crippen molar-refractivity contribution in [3.8, 4) is 0 Å². The van der Waals surface area contributed by atoms with Crippen LogP contribution < -0.4 is 0 Å². The first-order valence-corrected chi connectivity index (χ1v) is 8.45. The SMILES string of the molecule is Cn1cnnc1C1CCN(C(=O)COCc2ccccc2Cl)CC1. The van der Waals surface area contributed by atoms with Gasteiger partial charge in [0.1, 0.15) is 18.8 Å². The quantitative estimate of drug-likeness (QED) is 0.832. The van der Waals surface area contributed by atoms with Gasteiger partial charge in [-0.3, -0.25) is 4.79 Å². The average Bonchev–Trinajstić information content (AvgIpc) is 3.03. The number of halogens is 1. The lowest BCUT2D eigenvalue weighted by molar-refractivity contribution is -0.137. The van der Waals surface area contributed by atoms with Crippen molar-refractivity contribution in [1.29, 1.82) is 0 Å². The van der Waals surface area contributed by atoms with Crippen molar-refractivity contribution in [3.63, 3.8) is 0 Å². The van der Waals surface area contributed by atoms with Gasteiger partial charge in [-0.05, 0) is 24.5 Å². The van der Waals surface area contributed by atoms with E-state index in [1.165, 1.54) is 0 Å². The van der Waals surface area contributed by atoms with Crippen LogP contribution in [0.5, 0.6) is 0 Å². The number of carbonyl (C=O) groups excluding carboxylic acids is 1. The first-order valence-electron chi connectivity index (χ1n) is 8.08. The van der Waals surface area contributed by atoms with E-state index in [2.05, 4.69) is 10.2 Å². The molecule has 0 unspecified atom stereocenters.